The molecule has 2 N–H and O–H groups in total. The first-order chi connectivity index (χ1) is 22.8. The lowest BCUT2D eigenvalue weighted by Crippen LogP contribution is -2.36. The SMILES string of the molecule is CC.CO.CS(=O)(=O)O.Cc1ccc(CC[N+](C)(C)C)c(N=Nc2ccc3cc(N=Nc4cc(CC[N+](C)(C)C)ccc4C)ccc3c2)c1. The summed E-state index contributed by atoms with van der Waals surface area (Å²) in [6.07, 6.45) is 2.70. The molecule has 0 aliphatic carbocycles. The Morgan fingerprint density at radius 2 is 1.08 bits per heavy atom. The summed E-state index contributed by atoms with van der Waals surface area (Å²) in [5.74, 6) is 0. The van der Waals surface area contributed by atoms with Gasteiger partial charge in [-0.3, -0.25) is 4.55 Å². The molecule has 0 heterocycles. The largest absolute Gasteiger partial charge is 0.400 e. The molecule has 0 radical (unpaired) electrons. The van der Waals surface area contributed by atoms with Gasteiger partial charge in [0.15, 0.2) is 0 Å². The Labute approximate surface area is 294 Å². The second-order valence-electron chi connectivity index (χ2n) is 13.6. The summed E-state index contributed by atoms with van der Waals surface area (Å²) in [6.45, 7) is 10.3. The van der Waals surface area contributed by atoms with Crippen molar-refractivity contribution in [3.05, 3.63) is 95.1 Å². The average Bonchev–Trinajstić information content (AvgIpc) is 3.02. The molecule has 0 atom stereocenters. The number of rotatable bonds is 10. The minimum Gasteiger partial charge on any atom is -0.400 e. The first-order valence-electron chi connectivity index (χ1n) is 16.4. The summed E-state index contributed by atoms with van der Waals surface area (Å²) in [4.78, 5) is 0. The Balaban J connectivity index is 0.00000120. The fraction of sp³-hybridized carbons (Fsp3) is 0.421. The third-order valence-corrected chi connectivity index (χ3v) is 6.99. The summed E-state index contributed by atoms with van der Waals surface area (Å²) in [7, 11) is 10.6. The predicted molar refractivity (Wildman–Crippen MR) is 205 cm³/mol. The topological polar surface area (TPSA) is 124 Å². The fourth-order valence-electron chi connectivity index (χ4n) is 4.39. The van der Waals surface area contributed by atoms with E-state index in [2.05, 4.69) is 137 Å². The monoisotopic (exact) mass is 694 g/mol. The van der Waals surface area contributed by atoms with Crippen LogP contribution in [0.4, 0.5) is 22.7 Å². The Kier molecular flexibility index (Phi) is 17.6. The number of benzene rings is 4. The number of hydrogen-bond acceptors (Lipinski definition) is 7. The van der Waals surface area contributed by atoms with Crippen molar-refractivity contribution in [3.8, 4) is 0 Å². The molecule has 0 amide bonds. The summed E-state index contributed by atoms with van der Waals surface area (Å²) < 4.78 is 27.7. The lowest BCUT2D eigenvalue weighted by Gasteiger charge is -2.24. The van der Waals surface area contributed by atoms with Crippen LogP contribution in [0.1, 0.15) is 36.1 Å². The van der Waals surface area contributed by atoms with E-state index in [-0.39, 0.29) is 0 Å². The van der Waals surface area contributed by atoms with E-state index in [9.17, 15) is 8.42 Å². The van der Waals surface area contributed by atoms with E-state index in [0.717, 1.165) is 81.1 Å². The number of aliphatic hydroxyl groups is 1. The van der Waals surface area contributed by atoms with Gasteiger partial charge in [0.1, 0.15) is 0 Å². The number of hydrogen-bond donors (Lipinski definition) is 2. The lowest BCUT2D eigenvalue weighted by atomic mass is 10.1. The van der Waals surface area contributed by atoms with Gasteiger partial charge in [0.05, 0.1) is 84.4 Å². The van der Waals surface area contributed by atoms with Crippen molar-refractivity contribution in [2.24, 2.45) is 20.5 Å². The zero-order valence-corrected chi connectivity index (χ0v) is 32.4. The molecule has 0 unspecified atom stereocenters. The van der Waals surface area contributed by atoms with Crippen molar-refractivity contribution in [2.75, 3.05) is 68.7 Å². The summed E-state index contributed by atoms with van der Waals surface area (Å²) in [5.41, 5.74) is 8.37. The molecule has 0 spiro atoms. The molecule has 268 valence electrons. The van der Waals surface area contributed by atoms with Crippen LogP contribution in [-0.4, -0.2) is 95.8 Å². The fourth-order valence-corrected chi connectivity index (χ4v) is 4.39. The molecule has 0 bridgehead atoms. The Hall–Kier alpha value is -3.87. The molecule has 4 aromatic rings. The molecule has 0 saturated heterocycles. The zero-order chi connectivity index (χ0) is 37.4. The highest BCUT2D eigenvalue weighted by molar-refractivity contribution is 7.85. The van der Waals surface area contributed by atoms with Gasteiger partial charge in [-0.1, -0.05) is 50.2 Å². The highest BCUT2D eigenvalue weighted by atomic mass is 32.2. The van der Waals surface area contributed by atoms with Gasteiger partial charge in [0.25, 0.3) is 10.1 Å². The standard InChI is InChI=1S/C34H44N6.C2H6.CH4O3S.CH4O/c1-25-9-12-28(18-20-40(6,7)8)34(21-25)38-36-32-16-14-29-23-31(15-13-30(29)24-32)35-37-33-22-27(11-10-26(33)2)17-19-39(3,4)5;1-2;1-5(2,3)4;1-2/h9-16,21-24H,17-20H2,1-8H3;1-2H3;1H3,(H,2,3,4);2H,1H3/q+2;;;. The number of aryl methyl sites for hydroxylation is 2. The summed E-state index contributed by atoms with van der Waals surface area (Å²) in [6, 6.07) is 25.3. The van der Waals surface area contributed by atoms with E-state index in [1.807, 2.05) is 26.0 Å². The van der Waals surface area contributed by atoms with E-state index in [1.54, 1.807) is 0 Å². The predicted octanol–water partition coefficient (Wildman–Crippen LogP) is 8.92. The summed E-state index contributed by atoms with van der Waals surface area (Å²) >= 11 is 0. The quantitative estimate of drug-likeness (QED) is 0.0977. The molecule has 0 aliphatic rings. The lowest BCUT2D eigenvalue weighted by molar-refractivity contribution is -0.870. The van der Waals surface area contributed by atoms with E-state index in [1.165, 1.54) is 16.7 Å². The minimum atomic E-state index is -3.67. The molecular formula is C38H58N6O4S+2. The van der Waals surface area contributed by atoms with Crippen molar-refractivity contribution in [1.29, 1.82) is 0 Å². The number of likely N-dealkylation sites (N-methyl/N-ethyl adjacent to an activating group) is 2. The van der Waals surface area contributed by atoms with Gasteiger partial charge in [-0.05, 0) is 83.3 Å². The molecule has 0 fully saturated rings. The van der Waals surface area contributed by atoms with Gasteiger partial charge in [-0.2, -0.15) is 28.9 Å². The molecule has 49 heavy (non-hydrogen) atoms. The van der Waals surface area contributed by atoms with Crippen LogP contribution in [0.15, 0.2) is 93.3 Å². The molecule has 4 rings (SSSR count). The van der Waals surface area contributed by atoms with Gasteiger partial charge >= 0.3 is 0 Å². The maximum Gasteiger partial charge on any atom is 0.261 e. The molecule has 0 saturated carbocycles. The first kappa shape index (κ1) is 43.2. The zero-order valence-electron chi connectivity index (χ0n) is 31.6. The van der Waals surface area contributed by atoms with Gasteiger partial charge < -0.3 is 14.1 Å². The van der Waals surface area contributed by atoms with Crippen LogP contribution in [0.2, 0.25) is 0 Å². The van der Waals surface area contributed by atoms with Crippen LogP contribution >= 0.6 is 0 Å². The Bertz CT molecular complexity index is 1780. The number of quaternary nitrogens is 2. The molecule has 10 nitrogen and oxygen atoms in total. The number of nitrogens with zero attached hydrogens (tertiary/aromatic N) is 6. The second kappa shape index (κ2) is 20.0. The normalized spacial score (nSPS) is 11.8. The highest BCUT2D eigenvalue weighted by Gasteiger charge is 2.11. The second-order valence-corrected chi connectivity index (χ2v) is 15.1. The van der Waals surface area contributed by atoms with Crippen LogP contribution < -0.4 is 0 Å². The van der Waals surface area contributed by atoms with Gasteiger partial charge in [0, 0.05) is 20.0 Å². The smallest absolute Gasteiger partial charge is 0.261 e. The molecular weight excluding hydrogens is 637 g/mol. The number of fused-ring (bicyclic) bond motifs is 1. The van der Waals surface area contributed by atoms with Crippen molar-refractivity contribution < 1.29 is 27.0 Å². The van der Waals surface area contributed by atoms with Gasteiger partial charge in [-0.25, -0.2) is 0 Å². The van der Waals surface area contributed by atoms with E-state index in [0.29, 0.717) is 6.26 Å². The van der Waals surface area contributed by atoms with Crippen molar-refractivity contribution in [2.45, 2.75) is 40.5 Å². The van der Waals surface area contributed by atoms with Crippen LogP contribution in [0, 0.1) is 13.8 Å². The van der Waals surface area contributed by atoms with Crippen LogP contribution in [-0.2, 0) is 23.0 Å². The number of aliphatic hydroxyl groups excluding tert-OH is 1. The third-order valence-electron chi connectivity index (χ3n) is 6.99. The molecule has 4 aromatic carbocycles. The van der Waals surface area contributed by atoms with Crippen LogP contribution in [0.3, 0.4) is 0 Å². The van der Waals surface area contributed by atoms with E-state index < -0.39 is 10.1 Å². The van der Waals surface area contributed by atoms with E-state index in [4.69, 9.17) is 9.66 Å². The maximum atomic E-state index is 9.19. The van der Waals surface area contributed by atoms with Gasteiger partial charge in [0.2, 0.25) is 0 Å². The van der Waals surface area contributed by atoms with Crippen LogP contribution in [0.25, 0.3) is 10.8 Å². The molecule has 0 aliphatic heterocycles. The highest BCUT2D eigenvalue weighted by Crippen LogP contribution is 2.30. The van der Waals surface area contributed by atoms with Crippen molar-refractivity contribution in [3.63, 3.8) is 0 Å². The average molecular weight is 695 g/mol. The number of azo groups is 2. The third kappa shape index (κ3) is 17.9. The Morgan fingerprint density at radius 1 is 0.612 bits per heavy atom. The molecule has 0 aromatic heterocycles. The van der Waals surface area contributed by atoms with Gasteiger partial charge in [-0.15, -0.1) is 0 Å². The first-order valence-corrected chi connectivity index (χ1v) is 18.2. The maximum absolute atomic E-state index is 9.19. The molecule has 11 heteroatoms. The minimum absolute atomic E-state index is 0.715. The van der Waals surface area contributed by atoms with E-state index >= 15 is 0 Å². The summed E-state index contributed by atoms with van der Waals surface area (Å²) in [5, 5.41) is 27.6. The Morgan fingerprint density at radius 3 is 1.57 bits per heavy atom. The van der Waals surface area contributed by atoms with Crippen molar-refractivity contribution >= 4 is 43.6 Å². The van der Waals surface area contributed by atoms with Crippen molar-refractivity contribution in [1.82, 2.24) is 0 Å². The van der Waals surface area contributed by atoms with Crippen LogP contribution in [0.5, 0.6) is 0 Å².